The van der Waals surface area contributed by atoms with E-state index in [-0.39, 0.29) is 11.8 Å². The lowest BCUT2D eigenvalue weighted by atomic mass is 9.90. The van der Waals surface area contributed by atoms with E-state index in [2.05, 4.69) is 40.0 Å². The Balaban J connectivity index is 1.38. The lowest BCUT2D eigenvalue weighted by Crippen LogP contribution is -2.45. The number of thiophene rings is 1. The topological polar surface area (TPSA) is 53.4 Å². The molecule has 2 fully saturated rings. The Morgan fingerprint density at radius 3 is 2.75 bits per heavy atom. The molecule has 128 valence electrons. The lowest BCUT2D eigenvalue weighted by molar-refractivity contribution is -0.137. The standard InChI is InChI=1S/C17H19BrN2O2S2/c1-10-2-3-13(24-10)11-8-12(11)16(21)20-6-4-17(22,5-7-20)14-15(18)19-9-23-14/h2-3,9,11-12,22H,4-8H2,1H3/t11-,12+/m1/s1. The molecule has 1 amide bonds. The van der Waals surface area contributed by atoms with Gasteiger partial charge in [0, 0.05) is 34.7 Å². The number of amides is 1. The van der Waals surface area contributed by atoms with Crippen LogP contribution in [0.5, 0.6) is 0 Å². The molecule has 0 bridgehead atoms. The second-order valence-corrected chi connectivity index (χ2v) is 9.65. The quantitative estimate of drug-likeness (QED) is 0.809. The average Bonchev–Trinajstić information content (AvgIpc) is 3.04. The lowest BCUT2D eigenvalue weighted by Gasteiger charge is -2.37. The van der Waals surface area contributed by atoms with Gasteiger partial charge in [-0.3, -0.25) is 4.79 Å². The van der Waals surface area contributed by atoms with E-state index >= 15 is 0 Å². The van der Waals surface area contributed by atoms with Crippen molar-refractivity contribution < 1.29 is 9.90 Å². The monoisotopic (exact) mass is 426 g/mol. The van der Waals surface area contributed by atoms with Gasteiger partial charge < -0.3 is 10.0 Å². The number of likely N-dealkylation sites (tertiary alicyclic amines) is 1. The summed E-state index contributed by atoms with van der Waals surface area (Å²) in [5.74, 6) is 0.813. The first-order valence-electron chi connectivity index (χ1n) is 8.15. The van der Waals surface area contributed by atoms with E-state index in [4.69, 9.17) is 0 Å². The van der Waals surface area contributed by atoms with Crippen molar-refractivity contribution in [2.45, 2.75) is 37.7 Å². The molecule has 2 aromatic rings. The Hall–Kier alpha value is -0.760. The molecule has 7 heteroatoms. The first-order chi connectivity index (χ1) is 11.5. The Kier molecular flexibility index (Phi) is 4.31. The molecular weight excluding hydrogens is 408 g/mol. The van der Waals surface area contributed by atoms with E-state index < -0.39 is 5.60 Å². The van der Waals surface area contributed by atoms with Crippen LogP contribution in [-0.4, -0.2) is 34.0 Å². The summed E-state index contributed by atoms with van der Waals surface area (Å²) in [5.41, 5.74) is 0.886. The highest BCUT2D eigenvalue weighted by molar-refractivity contribution is 9.10. The van der Waals surface area contributed by atoms with Crippen LogP contribution in [0.25, 0.3) is 0 Å². The van der Waals surface area contributed by atoms with E-state index in [1.54, 1.807) is 16.8 Å². The van der Waals surface area contributed by atoms with Gasteiger partial charge in [-0.1, -0.05) is 0 Å². The summed E-state index contributed by atoms with van der Waals surface area (Å²) in [6.45, 7) is 3.34. The van der Waals surface area contributed by atoms with Gasteiger partial charge >= 0.3 is 0 Å². The fourth-order valence-electron chi connectivity index (χ4n) is 3.53. The van der Waals surface area contributed by atoms with E-state index in [1.165, 1.54) is 21.1 Å². The summed E-state index contributed by atoms with van der Waals surface area (Å²) < 4.78 is 0.727. The summed E-state index contributed by atoms with van der Waals surface area (Å²) >= 11 is 6.69. The molecule has 4 nitrogen and oxygen atoms in total. The maximum atomic E-state index is 12.7. The third-order valence-corrected chi connectivity index (χ3v) is 8.10. The summed E-state index contributed by atoms with van der Waals surface area (Å²) in [5, 5.41) is 10.9. The summed E-state index contributed by atoms with van der Waals surface area (Å²) in [6.07, 6.45) is 2.13. The number of rotatable bonds is 3. The Bertz CT molecular complexity index is 764. The largest absolute Gasteiger partial charge is 0.384 e. The zero-order valence-corrected chi connectivity index (χ0v) is 16.6. The highest BCUT2D eigenvalue weighted by Gasteiger charge is 2.48. The maximum Gasteiger partial charge on any atom is 0.226 e. The predicted octanol–water partition coefficient (Wildman–Crippen LogP) is 3.89. The number of piperidine rings is 1. The molecule has 0 radical (unpaired) electrons. The van der Waals surface area contributed by atoms with Crippen LogP contribution in [0.2, 0.25) is 0 Å². The van der Waals surface area contributed by atoms with Gasteiger partial charge in [-0.15, -0.1) is 22.7 Å². The minimum Gasteiger partial charge on any atom is -0.384 e. The number of halogens is 1. The third-order valence-electron chi connectivity index (χ3n) is 5.08. The van der Waals surface area contributed by atoms with Crippen molar-refractivity contribution in [3.63, 3.8) is 0 Å². The van der Waals surface area contributed by atoms with Gasteiger partial charge in [0.15, 0.2) is 0 Å². The van der Waals surface area contributed by atoms with E-state index in [1.807, 2.05) is 4.90 Å². The molecule has 3 heterocycles. The van der Waals surface area contributed by atoms with Crippen molar-refractivity contribution in [3.8, 4) is 0 Å². The van der Waals surface area contributed by atoms with Crippen LogP contribution in [0.1, 0.15) is 39.8 Å². The van der Waals surface area contributed by atoms with Gasteiger partial charge in [-0.25, -0.2) is 4.98 Å². The van der Waals surface area contributed by atoms with Crippen LogP contribution in [0.4, 0.5) is 0 Å². The molecule has 0 spiro atoms. The second-order valence-electron chi connectivity index (χ2n) is 6.73. The highest BCUT2D eigenvalue weighted by atomic mass is 79.9. The molecule has 0 unspecified atom stereocenters. The number of thiazole rings is 1. The second kappa shape index (κ2) is 6.20. The maximum absolute atomic E-state index is 12.7. The zero-order valence-electron chi connectivity index (χ0n) is 13.4. The van der Waals surface area contributed by atoms with Crippen molar-refractivity contribution in [2.75, 3.05) is 13.1 Å². The smallest absolute Gasteiger partial charge is 0.226 e. The number of nitrogens with zero attached hydrogens (tertiary/aromatic N) is 2. The van der Waals surface area contributed by atoms with Gasteiger partial charge in [-0.2, -0.15) is 0 Å². The zero-order chi connectivity index (χ0) is 16.9. The third kappa shape index (κ3) is 2.96. The summed E-state index contributed by atoms with van der Waals surface area (Å²) in [6, 6.07) is 4.29. The summed E-state index contributed by atoms with van der Waals surface area (Å²) in [4.78, 5) is 22.4. The minimum absolute atomic E-state index is 0.143. The predicted molar refractivity (Wildman–Crippen MR) is 99.4 cm³/mol. The van der Waals surface area contributed by atoms with Gasteiger partial charge in [0.1, 0.15) is 10.2 Å². The van der Waals surface area contributed by atoms with Gasteiger partial charge in [-0.05, 0) is 54.2 Å². The molecule has 1 aliphatic heterocycles. The summed E-state index contributed by atoms with van der Waals surface area (Å²) in [7, 11) is 0. The number of hydrogen-bond acceptors (Lipinski definition) is 5. The van der Waals surface area contributed by atoms with Crippen molar-refractivity contribution in [3.05, 3.63) is 36.9 Å². The molecule has 24 heavy (non-hydrogen) atoms. The fraction of sp³-hybridized carbons (Fsp3) is 0.529. The van der Waals surface area contributed by atoms with Crippen molar-refractivity contribution >= 4 is 44.5 Å². The van der Waals surface area contributed by atoms with E-state index in [9.17, 15) is 9.90 Å². The molecule has 0 aromatic carbocycles. The molecule has 2 aromatic heterocycles. The number of aliphatic hydroxyl groups is 1. The van der Waals surface area contributed by atoms with E-state index in [0.717, 1.165) is 15.9 Å². The number of hydrogen-bond donors (Lipinski definition) is 1. The van der Waals surface area contributed by atoms with Crippen LogP contribution in [0, 0.1) is 12.8 Å². The molecule has 2 atom stereocenters. The number of aryl methyl sites for hydroxylation is 1. The Morgan fingerprint density at radius 2 is 2.17 bits per heavy atom. The van der Waals surface area contributed by atoms with Crippen molar-refractivity contribution in [1.29, 1.82) is 0 Å². The first kappa shape index (κ1) is 16.7. The molecule has 1 saturated carbocycles. The molecule has 4 rings (SSSR count). The average molecular weight is 427 g/mol. The minimum atomic E-state index is -0.857. The highest BCUT2D eigenvalue weighted by Crippen LogP contribution is 2.51. The first-order valence-corrected chi connectivity index (χ1v) is 10.6. The Morgan fingerprint density at radius 1 is 1.42 bits per heavy atom. The number of carbonyl (C=O) groups is 1. The van der Waals surface area contributed by atoms with Crippen molar-refractivity contribution in [2.24, 2.45) is 5.92 Å². The molecule has 1 saturated heterocycles. The van der Waals surface area contributed by atoms with Gasteiger partial charge in [0.2, 0.25) is 5.91 Å². The Labute approximate surface area is 157 Å². The van der Waals surface area contributed by atoms with Crippen molar-refractivity contribution in [1.82, 2.24) is 9.88 Å². The molecular formula is C17H19BrN2O2S2. The van der Waals surface area contributed by atoms with Crippen LogP contribution < -0.4 is 0 Å². The molecule has 1 aliphatic carbocycles. The molecule has 1 N–H and O–H groups in total. The van der Waals surface area contributed by atoms with Gasteiger partial charge in [0.05, 0.1) is 10.4 Å². The number of aromatic nitrogens is 1. The van der Waals surface area contributed by atoms with Gasteiger partial charge in [0.25, 0.3) is 0 Å². The van der Waals surface area contributed by atoms with E-state index in [0.29, 0.717) is 31.8 Å². The fourth-order valence-corrected chi connectivity index (χ4v) is 6.31. The normalized spacial score (nSPS) is 25.7. The SMILES string of the molecule is Cc1ccc([C@@H]2C[C@@H]2C(=O)N2CCC(O)(c3scnc3Br)CC2)s1. The molecule has 2 aliphatic rings. The van der Waals surface area contributed by atoms with Crippen LogP contribution in [0.15, 0.2) is 22.2 Å². The van der Waals surface area contributed by atoms with Crippen LogP contribution >= 0.6 is 38.6 Å². The van der Waals surface area contributed by atoms with Crippen LogP contribution in [0.3, 0.4) is 0 Å². The number of carbonyl (C=O) groups excluding carboxylic acids is 1. The van der Waals surface area contributed by atoms with Crippen LogP contribution in [-0.2, 0) is 10.4 Å².